The summed E-state index contributed by atoms with van der Waals surface area (Å²) >= 11 is 0. The number of hydrogen-bond acceptors (Lipinski definition) is 2. The zero-order valence-corrected chi connectivity index (χ0v) is 13.3. The Balaban J connectivity index is 5.51. The van der Waals surface area contributed by atoms with Gasteiger partial charge in [-0.25, -0.2) is 0 Å². The van der Waals surface area contributed by atoms with Crippen LogP contribution in [0.1, 0.15) is 41.0 Å². The molecule has 96 valence electrons. The van der Waals surface area contributed by atoms with Crippen LogP contribution in [-0.2, 0) is 0 Å². The molecule has 0 aliphatic carbocycles. The molecule has 0 rings (SSSR count). The molecule has 0 aromatic rings. The van der Waals surface area contributed by atoms with Crippen molar-refractivity contribution in [2.45, 2.75) is 72.3 Å². The zero-order chi connectivity index (χ0) is 13.1. The van der Waals surface area contributed by atoms with Crippen LogP contribution in [0.5, 0.6) is 0 Å². The minimum Gasteiger partial charge on any atom is -0.384 e. The molecule has 0 fully saturated rings. The van der Waals surface area contributed by atoms with E-state index in [9.17, 15) is 5.11 Å². The fourth-order valence-electron chi connectivity index (χ4n) is 2.06. The monoisotopic (exact) mass is 243 g/mol. The summed E-state index contributed by atoms with van der Waals surface area (Å²) < 4.78 is 0. The fraction of sp³-hybridized carbons (Fsp3) is 0.923. The summed E-state index contributed by atoms with van der Waals surface area (Å²) in [6.07, 6.45) is 0.750. The number of nitrogens with zero attached hydrogens (tertiary/aromatic N) is 1. The molecule has 0 aliphatic rings. The number of rotatable bonds is 5. The predicted molar refractivity (Wildman–Crippen MR) is 76.0 cm³/mol. The normalized spacial score (nSPS) is 18.1. The molecular formula is C13H29NOSi. The van der Waals surface area contributed by atoms with Gasteiger partial charge in [-0.2, -0.15) is 0 Å². The lowest BCUT2D eigenvalue weighted by Crippen LogP contribution is -2.54. The van der Waals surface area contributed by atoms with Crippen LogP contribution >= 0.6 is 0 Å². The summed E-state index contributed by atoms with van der Waals surface area (Å²) in [5, 5.41) is 11.9. The molecule has 0 aliphatic heterocycles. The van der Waals surface area contributed by atoms with Crippen molar-refractivity contribution in [3.05, 3.63) is 0 Å². The van der Waals surface area contributed by atoms with Crippen LogP contribution < -0.4 is 0 Å². The lowest BCUT2D eigenvalue weighted by atomic mass is 9.88. The smallest absolute Gasteiger partial charge is 0.100 e. The number of aliphatic hydroxyl groups is 1. The molecule has 0 aromatic heterocycles. The van der Waals surface area contributed by atoms with E-state index in [1.807, 2.05) is 0 Å². The molecule has 0 aromatic carbocycles. The molecule has 0 bridgehead atoms. The van der Waals surface area contributed by atoms with Crippen molar-refractivity contribution in [1.82, 2.24) is 0 Å². The van der Waals surface area contributed by atoms with E-state index in [-0.39, 0.29) is 12.0 Å². The topological polar surface area (TPSA) is 32.6 Å². The predicted octanol–water partition coefficient (Wildman–Crippen LogP) is 3.51. The fourth-order valence-corrected chi connectivity index (χ4v) is 4.47. The Hall–Kier alpha value is -0.153. The Labute approximate surface area is 102 Å². The van der Waals surface area contributed by atoms with E-state index in [4.69, 9.17) is 4.99 Å². The molecule has 0 saturated carbocycles. The van der Waals surface area contributed by atoms with Gasteiger partial charge in [0, 0.05) is 11.4 Å². The second-order valence-electron chi connectivity index (χ2n) is 6.25. The summed E-state index contributed by atoms with van der Waals surface area (Å²) in [4.78, 5) is 4.74. The van der Waals surface area contributed by atoms with Crippen molar-refractivity contribution >= 4 is 13.4 Å². The third-order valence-electron chi connectivity index (χ3n) is 3.00. The van der Waals surface area contributed by atoms with E-state index in [2.05, 4.69) is 54.3 Å². The number of aliphatic imine (C=N–C) groups is 1. The van der Waals surface area contributed by atoms with Gasteiger partial charge >= 0.3 is 0 Å². The maximum Gasteiger partial charge on any atom is 0.100 e. The molecule has 0 spiro atoms. The Morgan fingerprint density at radius 1 is 1.19 bits per heavy atom. The van der Waals surface area contributed by atoms with Crippen molar-refractivity contribution in [1.29, 1.82) is 0 Å². The van der Waals surface area contributed by atoms with Gasteiger partial charge in [-0.1, -0.05) is 40.4 Å². The zero-order valence-electron chi connectivity index (χ0n) is 12.3. The van der Waals surface area contributed by atoms with Crippen LogP contribution in [-0.4, -0.2) is 30.2 Å². The molecule has 1 unspecified atom stereocenters. The van der Waals surface area contributed by atoms with Gasteiger partial charge in [0.05, 0.1) is 8.07 Å². The first-order valence-corrected chi connectivity index (χ1v) is 9.86. The third-order valence-corrected chi connectivity index (χ3v) is 4.98. The molecule has 0 radical (unpaired) electrons. The maximum absolute atomic E-state index is 10.8. The van der Waals surface area contributed by atoms with Crippen LogP contribution in [0.15, 0.2) is 4.99 Å². The minimum absolute atomic E-state index is 0.224. The lowest BCUT2D eigenvalue weighted by molar-refractivity contribution is 0.0615. The summed E-state index contributed by atoms with van der Waals surface area (Å²) in [5.74, 6) is 0.224. The average molecular weight is 243 g/mol. The first-order valence-electron chi connectivity index (χ1n) is 6.36. The van der Waals surface area contributed by atoms with Crippen molar-refractivity contribution in [3.8, 4) is 0 Å². The molecule has 2 nitrogen and oxygen atoms in total. The molecule has 1 N–H and O–H groups in total. The molecule has 0 amide bonds. The summed E-state index contributed by atoms with van der Waals surface area (Å²) in [6, 6.07) is 0.263. The standard InChI is InChI=1S/C13H29NOSi/c1-9-13(15,10(2)3)12(14-11(4)5)16(6,7)8/h10-11,15H,9H2,1-8H3. The van der Waals surface area contributed by atoms with Crippen molar-refractivity contribution in [2.24, 2.45) is 10.9 Å². The largest absolute Gasteiger partial charge is 0.384 e. The van der Waals surface area contributed by atoms with Gasteiger partial charge in [-0.3, -0.25) is 4.99 Å². The van der Waals surface area contributed by atoms with E-state index in [1.54, 1.807) is 0 Å². The van der Waals surface area contributed by atoms with Crippen molar-refractivity contribution in [2.75, 3.05) is 0 Å². The SMILES string of the molecule is CCC(O)(C(=NC(C)C)[Si](C)(C)C)C(C)C. The second-order valence-corrected chi connectivity index (χ2v) is 11.2. The van der Waals surface area contributed by atoms with E-state index in [0.717, 1.165) is 11.8 Å². The van der Waals surface area contributed by atoms with Crippen LogP contribution in [0, 0.1) is 5.92 Å². The number of hydrogen-bond donors (Lipinski definition) is 1. The van der Waals surface area contributed by atoms with Crippen LogP contribution in [0.25, 0.3) is 0 Å². The quantitative estimate of drug-likeness (QED) is 0.582. The Kier molecular flexibility index (Phi) is 5.40. The average Bonchev–Trinajstić information content (AvgIpc) is 2.10. The van der Waals surface area contributed by atoms with Gasteiger partial charge < -0.3 is 5.11 Å². The molecular weight excluding hydrogens is 214 g/mol. The summed E-state index contributed by atoms with van der Waals surface area (Å²) in [6.45, 7) is 17.2. The maximum atomic E-state index is 10.8. The Bertz CT molecular complexity index is 253. The van der Waals surface area contributed by atoms with Gasteiger partial charge in [0.1, 0.15) is 5.60 Å². The van der Waals surface area contributed by atoms with E-state index < -0.39 is 13.7 Å². The van der Waals surface area contributed by atoms with Gasteiger partial charge in [-0.05, 0) is 26.2 Å². The van der Waals surface area contributed by atoms with E-state index in [1.165, 1.54) is 0 Å². The third kappa shape index (κ3) is 3.70. The van der Waals surface area contributed by atoms with Crippen molar-refractivity contribution < 1.29 is 5.11 Å². The Morgan fingerprint density at radius 2 is 1.62 bits per heavy atom. The van der Waals surface area contributed by atoms with Crippen molar-refractivity contribution in [3.63, 3.8) is 0 Å². The molecule has 16 heavy (non-hydrogen) atoms. The van der Waals surface area contributed by atoms with Crippen LogP contribution in [0.3, 0.4) is 0 Å². The first kappa shape index (κ1) is 15.8. The molecule has 0 heterocycles. The highest BCUT2D eigenvalue weighted by Crippen LogP contribution is 2.28. The van der Waals surface area contributed by atoms with E-state index in [0.29, 0.717) is 0 Å². The first-order chi connectivity index (χ1) is 7.05. The van der Waals surface area contributed by atoms with Gasteiger partial charge in [0.15, 0.2) is 0 Å². The van der Waals surface area contributed by atoms with E-state index >= 15 is 0 Å². The molecule has 0 saturated heterocycles. The highest BCUT2D eigenvalue weighted by Gasteiger charge is 2.41. The van der Waals surface area contributed by atoms with Crippen LogP contribution in [0.2, 0.25) is 19.6 Å². The highest BCUT2D eigenvalue weighted by atomic mass is 28.3. The molecule has 1 atom stereocenters. The highest BCUT2D eigenvalue weighted by molar-refractivity contribution is 7.05. The van der Waals surface area contributed by atoms with Crippen LogP contribution in [0.4, 0.5) is 0 Å². The summed E-state index contributed by atoms with van der Waals surface area (Å²) in [5.41, 5.74) is -0.714. The minimum atomic E-state index is -1.57. The second kappa shape index (κ2) is 5.45. The van der Waals surface area contributed by atoms with Gasteiger partial charge in [-0.15, -0.1) is 0 Å². The van der Waals surface area contributed by atoms with Gasteiger partial charge in [0.2, 0.25) is 0 Å². The Morgan fingerprint density at radius 3 is 1.81 bits per heavy atom. The molecule has 3 heteroatoms. The lowest BCUT2D eigenvalue weighted by Gasteiger charge is -2.39. The van der Waals surface area contributed by atoms with Gasteiger partial charge in [0.25, 0.3) is 0 Å². The summed E-state index contributed by atoms with van der Waals surface area (Å²) in [7, 11) is -1.57.